The smallest absolute Gasteiger partial charge is 0.307 e. The Morgan fingerprint density at radius 3 is 2.81 bits per heavy atom. The molecule has 2 N–H and O–H groups in total. The van der Waals surface area contributed by atoms with Crippen LogP contribution in [0.2, 0.25) is 5.02 Å². The molecule has 1 heterocycles. The Kier molecular flexibility index (Phi) is 6.03. The number of nitrogens with one attached hydrogen (secondary N) is 2. The van der Waals surface area contributed by atoms with Crippen LogP contribution in [0.1, 0.15) is 12.0 Å². The lowest BCUT2D eigenvalue weighted by molar-refractivity contribution is -0.147. The molecule has 2 aromatic carbocycles. The lowest BCUT2D eigenvalue weighted by Gasteiger charge is -2.23. The second-order valence-corrected chi connectivity index (χ2v) is 7.64. The maximum absolute atomic E-state index is 12.1. The number of carbonyl (C=O) groups excluding carboxylic acids is 3. The Hall–Kier alpha value is -2.51. The number of carbonyl (C=O) groups is 3. The first kappa shape index (κ1) is 19.3. The van der Waals surface area contributed by atoms with Crippen molar-refractivity contribution >= 4 is 52.5 Å². The van der Waals surface area contributed by atoms with Gasteiger partial charge in [-0.3, -0.25) is 14.4 Å². The highest BCUT2D eigenvalue weighted by Gasteiger charge is 2.29. The van der Waals surface area contributed by atoms with Gasteiger partial charge in [0.15, 0.2) is 6.61 Å². The Morgan fingerprint density at radius 1 is 1.26 bits per heavy atom. The van der Waals surface area contributed by atoms with Gasteiger partial charge in [-0.25, -0.2) is 0 Å². The number of fused-ring (bicyclic) bond motifs is 1. The summed E-state index contributed by atoms with van der Waals surface area (Å²) in [4.78, 5) is 37.0. The first-order valence-corrected chi connectivity index (χ1v) is 9.46. The maximum Gasteiger partial charge on any atom is 0.307 e. The van der Waals surface area contributed by atoms with Gasteiger partial charge in [-0.2, -0.15) is 0 Å². The molecule has 2 amide bonds. The van der Waals surface area contributed by atoms with Crippen LogP contribution in [0.15, 0.2) is 47.4 Å². The molecule has 3 rings (SSSR count). The van der Waals surface area contributed by atoms with Gasteiger partial charge in [0, 0.05) is 4.90 Å². The minimum atomic E-state index is -0.618. The van der Waals surface area contributed by atoms with E-state index in [9.17, 15) is 14.4 Å². The number of anilines is 2. The molecule has 0 saturated carbocycles. The summed E-state index contributed by atoms with van der Waals surface area (Å²) >= 11 is 7.36. The summed E-state index contributed by atoms with van der Waals surface area (Å²) in [5.74, 6) is -1.38. The van der Waals surface area contributed by atoms with Crippen molar-refractivity contribution in [3.8, 4) is 0 Å². The first-order chi connectivity index (χ1) is 12.9. The molecule has 0 aromatic heterocycles. The van der Waals surface area contributed by atoms with Crippen molar-refractivity contribution in [3.05, 3.63) is 53.1 Å². The molecule has 27 heavy (non-hydrogen) atoms. The highest BCUT2D eigenvalue weighted by Crippen LogP contribution is 2.36. The summed E-state index contributed by atoms with van der Waals surface area (Å²) in [5.41, 5.74) is 2.14. The third kappa shape index (κ3) is 5.02. The molecule has 2 aromatic rings. The summed E-state index contributed by atoms with van der Waals surface area (Å²) in [5, 5.41) is 5.16. The summed E-state index contributed by atoms with van der Waals surface area (Å²) < 4.78 is 4.99. The van der Waals surface area contributed by atoms with Gasteiger partial charge in [-0.05, 0) is 36.8 Å². The van der Waals surface area contributed by atoms with Crippen molar-refractivity contribution in [2.45, 2.75) is 23.5 Å². The largest absolute Gasteiger partial charge is 0.456 e. The SMILES string of the molecule is Cc1ccc(NC(=O)COC(=O)C[C@H]2Sc3ccccc3NC2=O)c(Cl)c1. The van der Waals surface area contributed by atoms with Crippen LogP contribution in [-0.4, -0.2) is 29.6 Å². The molecular formula is C19H17ClN2O4S. The molecule has 0 radical (unpaired) electrons. The molecule has 140 valence electrons. The normalized spacial score (nSPS) is 15.5. The van der Waals surface area contributed by atoms with E-state index in [2.05, 4.69) is 10.6 Å². The maximum atomic E-state index is 12.1. The third-order valence-corrected chi connectivity index (χ3v) is 5.41. The number of rotatable bonds is 5. The van der Waals surface area contributed by atoms with Crippen molar-refractivity contribution in [1.82, 2.24) is 0 Å². The summed E-state index contributed by atoms with van der Waals surface area (Å²) in [6.07, 6.45) is -0.122. The molecule has 1 aliphatic rings. The van der Waals surface area contributed by atoms with Gasteiger partial charge >= 0.3 is 5.97 Å². The number of aryl methyl sites for hydroxylation is 1. The fraction of sp³-hybridized carbons (Fsp3) is 0.211. The molecule has 0 aliphatic carbocycles. The monoisotopic (exact) mass is 404 g/mol. The van der Waals surface area contributed by atoms with Crippen LogP contribution in [0, 0.1) is 6.92 Å². The van der Waals surface area contributed by atoms with Crippen molar-refractivity contribution in [1.29, 1.82) is 0 Å². The number of amides is 2. The van der Waals surface area contributed by atoms with Crippen LogP contribution in [0.3, 0.4) is 0 Å². The van der Waals surface area contributed by atoms with Gasteiger partial charge in [0.25, 0.3) is 5.91 Å². The molecule has 1 aliphatic heterocycles. The van der Waals surface area contributed by atoms with Crippen molar-refractivity contribution in [2.75, 3.05) is 17.2 Å². The molecule has 0 bridgehead atoms. The second-order valence-electron chi connectivity index (χ2n) is 5.99. The lowest BCUT2D eigenvalue weighted by Crippen LogP contribution is -2.32. The van der Waals surface area contributed by atoms with Crippen molar-refractivity contribution in [3.63, 3.8) is 0 Å². The molecular weight excluding hydrogens is 388 g/mol. The topological polar surface area (TPSA) is 84.5 Å². The zero-order valence-corrected chi connectivity index (χ0v) is 16.0. The number of halogens is 1. The number of thioether (sulfide) groups is 1. The van der Waals surface area contributed by atoms with E-state index in [1.165, 1.54) is 11.8 Å². The standard InChI is InChI=1S/C19H17ClN2O4S/c1-11-6-7-13(12(20)8-11)21-17(23)10-26-18(24)9-16-19(25)22-14-4-2-3-5-15(14)27-16/h2-8,16H,9-10H2,1H3,(H,21,23)(H,22,25)/t16-/m1/s1. The molecule has 1 atom stereocenters. The fourth-order valence-electron chi connectivity index (χ4n) is 2.49. The number of hydrogen-bond donors (Lipinski definition) is 2. The van der Waals surface area contributed by atoms with Crippen molar-refractivity contribution < 1.29 is 19.1 Å². The van der Waals surface area contributed by atoms with Gasteiger partial charge in [0.05, 0.1) is 28.1 Å². The van der Waals surface area contributed by atoms with E-state index >= 15 is 0 Å². The van der Waals surface area contributed by atoms with Gasteiger partial charge in [-0.1, -0.05) is 29.8 Å². The summed E-state index contributed by atoms with van der Waals surface area (Å²) in [7, 11) is 0. The van der Waals surface area contributed by atoms with Gasteiger partial charge in [0.2, 0.25) is 5.91 Å². The number of hydrogen-bond acceptors (Lipinski definition) is 5. The predicted octanol–water partition coefficient (Wildman–Crippen LogP) is 3.63. The van der Waals surface area contributed by atoms with E-state index in [-0.39, 0.29) is 12.3 Å². The highest BCUT2D eigenvalue weighted by atomic mass is 35.5. The van der Waals surface area contributed by atoms with E-state index in [0.717, 1.165) is 16.1 Å². The highest BCUT2D eigenvalue weighted by molar-refractivity contribution is 8.01. The number of benzene rings is 2. The average molecular weight is 405 g/mol. The molecule has 8 heteroatoms. The Labute approximate surface area is 165 Å². The van der Waals surface area contributed by atoms with Crippen LogP contribution >= 0.6 is 23.4 Å². The minimum absolute atomic E-state index is 0.122. The fourth-order valence-corrected chi connectivity index (χ4v) is 3.87. The van der Waals surface area contributed by atoms with E-state index in [4.69, 9.17) is 16.3 Å². The van der Waals surface area contributed by atoms with Gasteiger partial charge < -0.3 is 15.4 Å². The molecule has 0 unspecified atom stereocenters. The van der Waals surface area contributed by atoms with Crippen LogP contribution in [0.4, 0.5) is 11.4 Å². The minimum Gasteiger partial charge on any atom is -0.456 e. The third-order valence-electron chi connectivity index (χ3n) is 3.82. The quantitative estimate of drug-likeness (QED) is 0.743. The average Bonchev–Trinajstić information content (AvgIpc) is 2.63. The van der Waals surface area contributed by atoms with E-state index in [0.29, 0.717) is 10.7 Å². The predicted molar refractivity (Wildman–Crippen MR) is 105 cm³/mol. The zero-order valence-electron chi connectivity index (χ0n) is 14.5. The summed E-state index contributed by atoms with van der Waals surface area (Å²) in [6, 6.07) is 12.6. The first-order valence-electron chi connectivity index (χ1n) is 8.20. The molecule has 0 spiro atoms. The van der Waals surface area contributed by atoms with Crippen LogP contribution in [-0.2, 0) is 19.1 Å². The van der Waals surface area contributed by atoms with Gasteiger partial charge in [-0.15, -0.1) is 11.8 Å². The second kappa shape index (κ2) is 8.45. The van der Waals surface area contributed by atoms with Crippen LogP contribution in [0.25, 0.3) is 0 Å². The zero-order chi connectivity index (χ0) is 19.4. The van der Waals surface area contributed by atoms with E-state index < -0.39 is 23.7 Å². The Balaban J connectivity index is 1.49. The Morgan fingerprint density at radius 2 is 2.04 bits per heavy atom. The molecule has 0 saturated heterocycles. The van der Waals surface area contributed by atoms with E-state index in [1.807, 2.05) is 31.2 Å². The lowest BCUT2D eigenvalue weighted by atomic mass is 10.2. The van der Waals surface area contributed by atoms with Crippen molar-refractivity contribution in [2.24, 2.45) is 0 Å². The van der Waals surface area contributed by atoms with Crippen LogP contribution < -0.4 is 10.6 Å². The number of esters is 1. The molecule has 0 fully saturated rings. The van der Waals surface area contributed by atoms with Gasteiger partial charge in [0.1, 0.15) is 0 Å². The number of ether oxygens (including phenoxy) is 1. The number of para-hydroxylation sites is 1. The Bertz CT molecular complexity index is 903. The van der Waals surface area contributed by atoms with E-state index in [1.54, 1.807) is 18.2 Å². The van der Waals surface area contributed by atoms with Crippen LogP contribution in [0.5, 0.6) is 0 Å². The summed E-state index contributed by atoms with van der Waals surface area (Å²) in [6.45, 7) is 1.44. The molecule has 6 nitrogen and oxygen atoms in total.